The number of carbonyl (C=O) groups is 3. The molecule has 2 N–H and O–H groups in total. The summed E-state index contributed by atoms with van der Waals surface area (Å²) in [6.07, 6.45) is 0.462. The third-order valence-corrected chi connectivity index (χ3v) is 4.98. The highest BCUT2D eigenvalue weighted by Crippen LogP contribution is 2.29. The molecule has 2 aromatic rings. The Morgan fingerprint density at radius 2 is 1.63 bits per heavy atom. The van der Waals surface area contributed by atoms with Gasteiger partial charge in [-0.1, -0.05) is 18.2 Å². The van der Waals surface area contributed by atoms with Crippen molar-refractivity contribution in [1.82, 2.24) is 15.5 Å². The molecule has 1 heterocycles. The number of imide groups is 1. The van der Waals surface area contributed by atoms with Gasteiger partial charge in [0, 0.05) is 13.1 Å². The molecule has 30 heavy (non-hydrogen) atoms. The number of nitrogens with one attached hydrogen (secondary N) is 2. The molecule has 4 amide bonds. The Bertz CT molecular complexity index is 925. The zero-order valence-electron chi connectivity index (χ0n) is 17.2. The standard InChI is InChI=1S/C22H25N3O5/c1-14(15-9-10-18(29-2)19(13-15)30-3)24-22(28)23-11-6-12-25-20(26)16-7-4-5-8-17(16)21(25)27/h4-5,7-10,13-14H,6,11-12H2,1-3H3,(H2,23,24,28). The molecule has 0 aliphatic carbocycles. The molecule has 0 spiro atoms. The van der Waals surface area contributed by atoms with Crippen LogP contribution in [0.1, 0.15) is 45.7 Å². The second kappa shape index (κ2) is 9.30. The van der Waals surface area contributed by atoms with Crippen molar-refractivity contribution >= 4 is 17.8 Å². The molecule has 8 nitrogen and oxygen atoms in total. The fraction of sp³-hybridized carbons (Fsp3) is 0.318. The van der Waals surface area contributed by atoms with Gasteiger partial charge in [-0.25, -0.2) is 4.79 Å². The number of hydrogen-bond acceptors (Lipinski definition) is 5. The predicted molar refractivity (Wildman–Crippen MR) is 111 cm³/mol. The van der Waals surface area contributed by atoms with Crippen LogP contribution in [0.25, 0.3) is 0 Å². The highest BCUT2D eigenvalue weighted by atomic mass is 16.5. The van der Waals surface area contributed by atoms with E-state index in [9.17, 15) is 14.4 Å². The minimum Gasteiger partial charge on any atom is -0.493 e. The average Bonchev–Trinajstić information content (AvgIpc) is 3.00. The van der Waals surface area contributed by atoms with Crippen molar-refractivity contribution in [2.75, 3.05) is 27.3 Å². The third-order valence-electron chi connectivity index (χ3n) is 4.98. The summed E-state index contributed by atoms with van der Waals surface area (Å²) in [6.45, 7) is 2.44. The Morgan fingerprint density at radius 3 is 2.23 bits per heavy atom. The number of rotatable bonds is 8. The van der Waals surface area contributed by atoms with E-state index >= 15 is 0 Å². The van der Waals surface area contributed by atoms with Gasteiger partial charge < -0.3 is 20.1 Å². The van der Waals surface area contributed by atoms with Crippen LogP contribution in [0.4, 0.5) is 4.79 Å². The number of benzene rings is 2. The Morgan fingerprint density at radius 1 is 1.00 bits per heavy atom. The lowest BCUT2D eigenvalue weighted by molar-refractivity contribution is 0.0653. The monoisotopic (exact) mass is 411 g/mol. The first-order valence-electron chi connectivity index (χ1n) is 9.67. The maximum atomic E-state index is 12.3. The van der Waals surface area contributed by atoms with Gasteiger partial charge in [0.05, 0.1) is 31.4 Å². The SMILES string of the molecule is COc1ccc(C(C)NC(=O)NCCCN2C(=O)c3ccccc3C2=O)cc1OC. The number of urea groups is 1. The number of carbonyl (C=O) groups excluding carboxylic acids is 3. The summed E-state index contributed by atoms with van der Waals surface area (Å²) >= 11 is 0. The maximum Gasteiger partial charge on any atom is 0.315 e. The van der Waals surface area contributed by atoms with E-state index in [0.29, 0.717) is 35.6 Å². The van der Waals surface area contributed by atoms with Gasteiger partial charge in [-0.3, -0.25) is 14.5 Å². The lowest BCUT2D eigenvalue weighted by Gasteiger charge is -2.17. The third kappa shape index (κ3) is 4.37. The molecule has 0 aromatic heterocycles. The average molecular weight is 411 g/mol. The van der Waals surface area contributed by atoms with Crippen LogP contribution in [0.15, 0.2) is 42.5 Å². The topological polar surface area (TPSA) is 97.0 Å². The first-order valence-corrected chi connectivity index (χ1v) is 9.67. The van der Waals surface area contributed by atoms with E-state index in [4.69, 9.17) is 9.47 Å². The summed E-state index contributed by atoms with van der Waals surface area (Å²) in [6, 6.07) is 11.6. The number of fused-ring (bicyclic) bond motifs is 1. The number of amides is 4. The summed E-state index contributed by atoms with van der Waals surface area (Å²) < 4.78 is 10.5. The summed E-state index contributed by atoms with van der Waals surface area (Å²) in [5.74, 6) is 0.625. The summed E-state index contributed by atoms with van der Waals surface area (Å²) in [5, 5.41) is 5.61. The van der Waals surface area contributed by atoms with Crippen molar-refractivity contribution in [2.24, 2.45) is 0 Å². The molecule has 3 rings (SSSR count). The largest absolute Gasteiger partial charge is 0.493 e. The van der Waals surface area contributed by atoms with E-state index in [0.717, 1.165) is 5.56 Å². The predicted octanol–water partition coefficient (Wildman–Crippen LogP) is 2.75. The number of methoxy groups -OCH3 is 2. The number of nitrogens with zero attached hydrogens (tertiary/aromatic N) is 1. The first-order chi connectivity index (χ1) is 14.5. The highest BCUT2D eigenvalue weighted by molar-refractivity contribution is 6.21. The normalized spacial score (nSPS) is 13.6. The van der Waals surface area contributed by atoms with Crippen LogP contribution in [-0.2, 0) is 0 Å². The summed E-state index contributed by atoms with van der Waals surface area (Å²) in [4.78, 5) is 38.0. The fourth-order valence-electron chi connectivity index (χ4n) is 3.33. The van der Waals surface area contributed by atoms with E-state index in [-0.39, 0.29) is 30.4 Å². The van der Waals surface area contributed by atoms with Crippen molar-refractivity contribution < 1.29 is 23.9 Å². The minimum atomic E-state index is -0.334. The zero-order chi connectivity index (χ0) is 21.7. The van der Waals surface area contributed by atoms with Crippen molar-refractivity contribution in [2.45, 2.75) is 19.4 Å². The molecular weight excluding hydrogens is 386 g/mol. The quantitative estimate of drug-likeness (QED) is 0.514. The van der Waals surface area contributed by atoms with E-state index in [2.05, 4.69) is 10.6 Å². The van der Waals surface area contributed by atoms with Crippen LogP contribution in [0.5, 0.6) is 11.5 Å². The molecular formula is C22H25N3O5. The van der Waals surface area contributed by atoms with E-state index in [1.54, 1.807) is 44.6 Å². The molecule has 1 aliphatic heterocycles. The summed E-state index contributed by atoms with van der Waals surface area (Å²) in [5.41, 5.74) is 1.72. The van der Waals surface area contributed by atoms with Gasteiger partial charge >= 0.3 is 6.03 Å². The maximum absolute atomic E-state index is 12.3. The molecule has 0 saturated carbocycles. The van der Waals surface area contributed by atoms with Crippen LogP contribution in [0, 0.1) is 0 Å². The van der Waals surface area contributed by atoms with Gasteiger partial charge in [0.25, 0.3) is 11.8 Å². The van der Waals surface area contributed by atoms with Crippen molar-refractivity contribution in [3.63, 3.8) is 0 Å². The molecule has 0 bridgehead atoms. The second-order valence-electron chi connectivity index (χ2n) is 6.90. The van der Waals surface area contributed by atoms with Crippen LogP contribution >= 0.6 is 0 Å². The Kier molecular flexibility index (Phi) is 6.56. The van der Waals surface area contributed by atoms with Gasteiger partial charge in [-0.15, -0.1) is 0 Å². The minimum absolute atomic E-state index is 0.248. The van der Waals surface area contributed by atoms with Crippen LogP contribution in [0.2, 0.25) is 0 Å². The Labute approximate surface area is 175 Å². The highest BCUT2D eigenvalue weighted by Gasteiger charge is 2.34. The Balaban J connectivity index is 1.45. The lowest BCUT2D eigenvalue weighted by Crippen LogP contribution is -2.39. The zero-order valence-corrected chi connectivity index (χ0v) is 17.2. The van der Waals surface area contributed by atoms with Gasteiger partial charge in [-0.05, 0) is 43.2 Å². The number of ether oxygens (including phenoxy) is 2. The number of hydrogen-bond donors (Lipinski definition) is 2. The summed E-state index contributed by atoms with van der Waals surface area (Å²) in [7, 11) is 3.12. The molecule has 0 radical (unpaired) electrons. The second-order valence-corrected chi connectivity index (χ2v) is 6.90. The molecule has 0 saturated heterocycles. The van der Waals surface area contributed by atoms with Gasteiger partial charge in [0.15, 0.2) is 11.5 Å². The van der Waals surface area contributed by atoms with Crippen LogP contribution in [0.3, 0.4) is 0 Å². The molecule has 0 fully saturated rings. The van der Waals surface area contributed by atoms with Crippen molar-refractivity contribution in [3.05, 3.63) is 59.2 Å². The molecule has 1 atom stereocenters. The Hall–Kier alpha value is -3.55. The fourth-order valence-corrected chi connectivity index (χ4v) is 3.33. The van der Waals surface area contributed by atoms with Gasteiger partial charge in [0.1, 0.15) is 0 Å². The lowest BCUT2D eigenvalue weighted by atomic mass is 10.1. The van der Waals surface area contributed by atoms with Crippen molar-refractivity contribution in [1.29, 1.82) is 0 Å². The van der Waals surface area contributed by atoms with E-state index < -0.39 is 0 Å². The van der Waals surface area contributed by atoms with Gasteiger partial charge in [0.2, 0.25) is 0 Å². The molecule has 158 valence electrons. The molecule has 8 heteroatoms. The smallest absolute Gasteiger partial charge is 0.315 e. The van der Waals surface area contributed by atoms with E-state index in [1.807, 2.05) is 19.1 Å². The molecule has 1 unspecified atom stereocenters. The first kappa shape index (κ1) is 21.2. The molecule has 2 aromatic carbocycles. The van der Waals surface area contributed by atoms with Crippen LogP contribution < -0.4 is 20.1 Å². The van der Waals surface area contributed by atoms with Crippen LogP contribution in [-0.4, -0.2) is 50.1 Å². The van der Waals surface area contributed by atoms with Crippen molar-refractivity contribution in [3.8, 4) is 11.5 Å². The van der Waals surface area contributed by atoms with Gasteiger partial charge in [-0.2, -0.15) is 0 Å². The molecule has 1 aliphatic rings. The van der Waals surface area contributed by atoms with E-state index in [1.165, 1.54) is 4.90 Å².